The van der Waals surface area contributed by atoms with Crippen molar-refractivity contribution in [3.05, 3.63) is 65.2 Å². The van der Waals surface area contributed by atoms with Gasteiger partial charge < -0.3 is 10.2 Å². The highest BCUT2D eigenvalue weighted by atomic mass is 16.3. The van der Waals surface area contributed by atoms with Crippen LogP contribution in [0.4, 0.5) is 0 Å². The van der Waals surface area contributed by atoms with Gasteiger partial charge in [0.2, 0.25) is 0 Å². The minimum Gasteiger partial charge on any atom is -0.508 e. The molecule has 0 aromatic heterocycles. The van der Waals surface area contributed by atoms with Crippen molar-refractivity contribution in [3.63, 3.8) is 0 Å². The van der Waals surface area contributed by atoms with E-state index in [1.165, 1.54) is 0 Å². The number of aliphatic imine (C=N–C) groups is 1. The maximum absolute atomic E-state index is 9.78. The van der Waals surface area contributed by atoms with Crippen molar-refractivity contribution in [1.29, 1.82) is 0 Å². The third kappa shape index (κ3) is 3.29. The Morgan fingerprint density at radius 1 is 0.957 bits per heavy atom. The molecule has 2 aromatic rings. The third-order valence-corrected chi connectivity index (χ3v) is 3.66. The highest BCUT2D eigenvalue weighted by molar-refractivity contribution is 6.00. The molecule has 1 aliphatic rings. The Bertz CT molecular complexity index is 806. The fourth-order valence-corrected chi connectivity index (χ4v) is 2.36. The molecule has 0 amide bonds. The normalized spacial score (nSPS) is 14.1. The van der Waals surface area contributed by atoms with Crippen LogP contribution in [0, 0.1) is 0 Å². The summed E-state index contributed by atoms with van der Waals surface area (Å²) in [6.45, 7) is 2.46. The molecule has 23 heavy (non-hydrogen) atoms. The molecule has 2 aromatic carbocycles. The number of aryl methyl sites for hydroxylation is 1. The molecule has 0 spiro atoms. The zero-order valence-electron chi connectivity index (χ0n) is 12.8. The van der Waals surface area contributed by atoms with Crippen LogP contribution in [0.2, 0.25) is 0 Å². The summed E-state index contributed by atoms with van der Waals surface area (Å²) in [4.78, 5) is 4.44. The van der Waals surface area contributed by atoms with Gasteiger partial charge in [0.1, 0.15) is 11.5 Å². The first-order valence-electron chi connectivity index (χ1n) is 7.45. The maximum atomic E-state index is 9.78. The summed E-state index contributed by atoms with van der Waals surface area (Å²) >= 11 is 0. The monoisotopic (exact) mass is 307 g/mol. The molecule has 3 rings (SSSR count). The summed E-state index contributed by atoms with van der Waals surface area (Å²) in [5.41, 5.74) is 3.29. The third-order valence-electron chi connectivity index (χ3n) is 3.66. The Morgan fingerprint density at radius 3 is 2.43 bits per heavy atom. The van der Waals surface area contributed by atoms with Gasteiger partial charge in [0.15, 0.2) is 5.84 Å². The summed E-state index contributed by atoms with van der Waals surface area (Å²) in [6.07, 6.45) is 2.63. The van der Waals surface area contributed by atoms with Crippen molar-refractivity contribution in [2.45, 2.75) is 13.3 Å². The fraction of sp³-hybridized carbons (Fsp3) is 0.167. The summed E-state index contributed by atoms with van der Waals surface area (Å²) in [5.74, 6) is 1.04. The van der Waals surface area contributed by atoms with Gasteiger partial charge in [0.05, 0.1) is 12.2 Å². The number of azo groups is 1. The molecule has 0 aliphatic carbocycles. The van der Waals surface area contributed by atoms with Crippen LogP contribution >= 0.6 is 0 Å². The maximum Gasteiger partial charge on any atom is 0.177 e. The Morgan fingerprint density at radius 2 is 1.70 bits per heavy atom. The Kier molecular flexibility index (Phi) is 4.19. The van der Waals surface area contributed by atoms with E-state index in [1.807, 2.05) is 19.1 Å². The first-order chi connectivity index (χ1) is 11.2. The van der Waals surface area contributed by atoms with Gasteiger partial charge in [0, 0.05) is 11.1 Å². The van der Waals surface area contributed by atoms with Gasteiger partial charge in [-0.1, -0.05) is 6.92 Å². The number of amidine groups is 1. The van der Waals surface area contributed by atoms with E-state index in [0.717, 1.165) is 28.8 Å². The van der Waals surface area contributed by atoms with Crippen LogP contribution in [-0.4, -0.2) is 22.6 Å². The second-order valence-electron chi connectivity index (χ2n) is 5.20. The number of aromatic hydroxyl groups is 2. The predicted molar refractivity (Wildman–Crippen MR) is 89.8 cm³/mol. The van der Waals surface area contributed by atoms with Crippen molar-refractivity contribution >= 4 is 11.5 Å². The van der Waals surface area contributed by atoms with Crippen LogP contribution in [-0.2, 0) is 6.42 Å². The first-order valence-corrected chi connectivity index (χ1v) is 7.45. The molecule has 2 N–H and O–H groups in total. The number of rotatable bonds is 3. The van der Waals surface area contributed by atoms with Crippen molar-refractivity contribution < 1.29 is 10.2 Å². The molecular formula is C18H17N3O2. The van der Waals surface area contributed by atoms with Gasteiger partial charge in [-0.2, -0.15) is 0 Å². The molecule has 0 unspecified atom stereocenters. The number of hydrogen-bond donors (Lipinski definition) is 2. The van der Waals surface area contributed by atoms with Gasteiger partial charge in [-0.05, 0) is 60.5 Å². The van der Waals surface area contributed by atoms with Gasteiger partial charge in [0.25, 0.3) is 0 Å². The van der Waals surface area contributed by atoms with Gasteiger partial charge >= 0.3 is 0 Å². The molecule has 0 saturated carbocycles. The van der Waals surface area contributed by atoms with E-state index in [2.05, 4.69) is 15.2 Å². The Labute approximate surface area is 134 Å². The lowest BCUT2D eigenvalue weighted by atomic mass is 10.1. The van der Waals surface area contributed by atoms with Crippen molar-refractivity contribution in [1.82, 2.24) is 0 Å². The Hall–Kier alpha value is -2.95. The van der Waals surface area contributed by atoms with Crippen molar-refractivity contribution in [3.8, 4) is 11.5 Å². The summed E-state index contributed by atoms with van der Waals surface area (Å²) in [5, 5.41) is 27.6. The minimum atomic E-state index is 0.216. The predicted octanol–water partition coefficient (Wildman–Crippen LogP) is 3.91. The van der Waals surface area contributed by atoms with Crippen LogP contribution in [0.15, 0.2) is 63.8 Å². The van der Waals surface area contributed by atoms with Crippen molar-refractivity contribution in [2.75, 3.05) is 6.54 Å². The fourth-order valence-electron chi connectivity index (χ4n) is 2.36. The number of phenols is 2. The van der Waals surface area contributed by atoms with E-state index < -0.39 is 0 Å². The molecule has 5 heteroatoms. The van der Waals surface area contributed by atoms with Gasteiger partial charge in [-0.25, -0.2) is 0 Å². The Balaban J connectivity index is 1.87. The zero-order valence-corrected chi connectivity index (χ0v) is 12.8. The quantitative estimate of drug-likeness (QED) is 0.901. The molecule has 0 fully saturated rings. The summed E-state index contributed by atoms with van der Waals surface area (Å²) < 4.78 is 0. The van der Waals surface area contributed by atoms with E-state index >= 15 is 0 Å². The molecule has 0 saturated heterocycles. The first kappa shape index (κ1) is 15.0. The largest absolute Gasteiger partial charge is 0.508 e. The molecule has 0 bridgehead atoms. The van der Waals surface area contributed by atoms with Crippen LogP contribution in [0.5, 0.6) is 11.5 Å². The average Bonchev–Trinajstić information content (AvgIpc) is 2.82. The van der Waals surface area contributed by atoms with E-state index in [9.17, 15) is 10.2 Å². The standard InChI is InChI=1S/C18H17N3O2/c1-2-12-11-14(5-8-17(12)23)18-19-10-9-16(20-21-18)13-3-6-15(22)7-4-13/h3-9,11,22-23H,2,10H2,1H3. The van der Waals surface area contributed by atoms with Crippen LogP contribution in [0.25, 0.3) is 5.70 Å². The zero-order chi connectivity index (χ0) is 16.2. The highest BCUT2D eigenvalue weighted by Gasteiger charge is 2.10. The molecule has 116 valence electrons. The lowest BCUT2D eigenvalue weighted by molar-refractivity contribution is 0.469. The minimum absolute atomic E-state index is 0.216. The van der Waals surface area contributed by atoms with Crippen LogP contribution < -0.4 is 0 Å². The molecular weight excluding hydrogens is 290 g/mol. The molecule has 1 heterocycles. The lowest BCUT2D eigenvalue weighted by Gasteiger charge is -2.05. The van der Waals surface area contributed by atoms with E-state index in [0.29, 0.717) is 12.4 Å². The second-order valence-corrected chi connectivity index (χ2v) is 5.20. The topological polar surface area (TPSA) is 77.5 Å². The molecule has 0 atom stereocenters. The van der Waals surface area contributed by atoms with Crippen LogP contribution in [0.3, 0.4) is 0 Å². The number of nitrogens with zero attached hydrogens (tertiary/aromatic N) is 3. The van der Waals surface area contributed by atoms with E-state index in [-0.39, 0.29) is 11.5 Å². The average molecular weight is 307 g/mol. The smallest absolute Gasteiger partial charge is 0.177 e. The van der Waals surface area contributed by atoms with Crippen LogP contribution in [0.1, 0.15) is 23.6 Å². The van der Waals surface area contributed by atoms with Gasteiger partial charge in [-0.3, -0.25) is 4.99 Å². The van der Waals surface area contributed by atoms with E-state index in [1.54, 1.807) is 36.4 Å². The second kappa shape index (κ2) is 6.44. The molecule has 1 aliphatic heterocycles. The lowest BCUT2D eigenvalue weighted by Crippen LogP contribution is -1.98. The van der Waals surface area contributed by atoms with Crippen molar-refractivity contribution in [2.24, 2.45) is 15.2 Å². The summed E-state index contributed by atoms with van der Waals surface area (Å²) in [6, 6.07) is 12.2. The molecule has 0 radical (unpaired) electrons. The molecule has 5 nitrogen and oxygen atoms in total. The van der Waals surface area contributed by atoms with E-state index in [4.69, 9.17) is 0 Å². The van der Waals surface area contributed by atoms with Gasteiger partial charge in [-0.15, -0.1) is 10.2 Å². The summed E-state index contributed by atoms with van der Waals surface area (Å²) in [7, 11) is 0. The number of hydrogen-bond acceptors (Lipinski definition) is 5. The number of phenolic OH excluding ortho intramolecular Hbond substituents is 2. The SMILES string of the molecule is CCc1cc(C2=NCC=C(c3ccc(O)cc3)N=N2)ccc1O. The highest BCUT2D eigenvalue weighted by Crippen LogP contribution is 2.23. The number of benzene rings is 2.